The molecule has 2 aromatic carbocycles. The van der Waals surface area contributed by atoms with Gasteiger partial charge in [-0.1, -0.05) is 67.6 Å². The maximum absolute atomic E-state index is 12.4. The number of rotatable bonds is 7. The molecule has 0 saturated heterocycles. The van der Waals surface area contributed by atoms with Gasteiger partial charge in [-0.15, -0.1) is 0 Å². The van der Waals surface area contributed by atoms with E-state index in [1.165, 1.54) is 0 Å². The van der Waals surface area contributed by atoms with Gasteiger partial charge >= 0.3 is 0 Å². The number of Topliss-reactive ketones (excluding diaryl/α,β-unsaturated/α-hetero) is 1. The molecular weight excluding hydrogens is 278 g/mol. The van der Waals surface area contributed by atoms with Crippen molar-refractivity contribution < 1.29 is 9.72 Å². The molecule has 0 aliphatic heterocycles. The Balaban J connectivity index is 2.29. The van der Waals surface area contributed by atoms with Crippen LogP contribution in [-0.2, 0) is 0 Å². The minimum Gasteiger partial charge on any atom is -0.294 e. The van der Waals surface area contributed by atoms with Gasteiger partial charge in [-0.25, -0.2) is 0 Å². The topological polar surface area (TPSA) is 60.2 Å². The van der Waals surface area contributed by atoms with Gasteiger partial charge in [-0.3, -0.25) is 14.9 Å². The van der Waals surface area contributed by atoms with Gasteiger partial charge in [0.2, 0.25) is 6.04 Å². The summed E-state index contributed by atoms with van der Waals surface area (Å²) < 4.78 is 0. The highest BCUT2D eigenvalue weighted by molar-refractivity contribution is 5.96. The molecule has 0 aromatic heterocycles. The van der Waals surface area contributed by atoms with Crippen molar-refractivity contribution in [2.24, 2.45) is 0 Å². The van der Waals surface area contributed by atoms with Crippen LogP contribution in [0.2, 0.25) is 0 Å². The lowest BCUT2D eigenvalue weighted by molar-refractivity contribution is -0.527. The van der Waals surface area contributed by atoms with Crippen molar-refractivity contribution >= 4 is 5.78 Å². The first-order valence-electron chi connectivity index (χ1n) is 7.40. The second kappa shape index (κ2) is 7.50. The van der Waals surface area contributed by atoms with Crippen molar-refractivity contribution in [2.75, 3.05) is 0 Å². The third-order valence-corrected chi connectivity index (χ3v) is 3.88. The molecule has 2 rings (SSSR count). The number of nitrogens with zero attached hydrogens (tertiary/aromatic N) is 1. The van der Waals surface area contributed by atoms with E-state index < -0.39 is 12.0 Å². The number of benzene rings is 2. The van der Waals surface area contributed by atoms with E-state index in [-0.39, 0.29) is 17.1 Å². The SMILES string of the molecule is CC[C@@H]([C@H](CC(=O)c1ccccc1)c1ccccc1)[N+](=O)[O-]. The molecule has 0 aliphatic carbocycles. The molecule has 0 radical (unpaired) electrons. The van der Waals surface area contributed by atoms with Crippen LogP contribution >= 0.6 is 0 Å². The molecule has 0 bridgehead atoms. The van der Waals surface area contributed by atoms with E-state index in [9.17, 15) is 14.9 Å². The predicted molar refractivity (Wildman–Crippen MR) is 85.6 cm³/mol. The van der Waals surface area contributed by atoms with Crippen molar-refractivity contribution in [1.82, 2.24) is 0 Å². The fraction of sp³-hybridized carbons (Fsp3) is 0.278. The Morgan fingerprint density at radius 3 is 2.09 bits per heavy atom. The van der Waals surface area contributed by atoms with Crippen LogP contribution in [0.4, 0.5) is 0 Å². The Morgan fingerprint density at radius 1 is 1.05 bits per heavy atom. The Hall–Kier alpha value is -2.49. The lowest BCUT2D eigenvalue weighted by Crippen LogP contribution is -2.28. The normalized spacial score (nSPS) is 13.3. The summed E-state index contributed by atoms with van der Waals surface area (Å²) in [5.41, 5.74) is 1.44. The van der Waals surface area contributed by atoms with Crippen LogP contribution in [0.15, 0.2) is 60.7 Å². The first kappa shape index (κ1) is 15.9. The van der Waals surface area contributed by atoms with Gasteiger partial charge in [0.15, 0.2) is 5.78 Å². The summed E-state index contributed by atoms with van der Waals surface area (Å²) in [5.74, 6) is -0.469. The number of nitro groups is 1. The first-order chi connectivity index (χ1) is 10.6. The summed E-state index contributed by atoms with van der Waals surface area (Å²) in [6, 6.07) is 17.5. The molecule has 2 aromatic rings. The molecule has 0 spiro atoms. The summed E-state index contributed by atoms with van der Waals surface area (Å²) in [6.45, 7) is 1.79. The molecule has 0 heterocycles. The quantitative estimate of drug-likeness (QED) is 0.439. The molecule has 4 nitrogen and oxygen atoms in total. The minimum absolute atomic E-state index is 0.0604. The highest BCUT2D eigenvalue weighted by Gasteiger charge is 2.32. The van der Waals surface area contributed by atoms with Crippen LogP contribution in [0, 0.1) is 10.1 Å². The molecule has 114 valence electrons. The molecule has 0 aliphatic rings. The maximum atomic E-state index is 12.4. The summed E-state index contributed by atoms with van der Waals surface area (Å²) in [7, 11) is 0. The highest BCUT2D eigenvalue weighted by atomic mass is 16.6. The van der Waals surface area contributed by atoms with Crippen LogP contribution in [0.3, 0.4) is 0 Å². The fourth-order valence-electron chi connectivity index (χ4n) is 2.70. The minimum atomic E-state index is -0.755. The Labute approximate surface area is 129 Å². The zero-order valence-electron chi connectivity index (χ0n) is 12.5. The van der Waals surface area contributed by atoms with Crippen molar-refractivity contribution in [3.05, 3.63) is 81.9 Å². The van der Waals surface area contributed by atoms with E-state index in [0.29, 0.717) is 12.0 Å². The van der Waals surface area contributed by atoms with Gasteiger partial charge < -0.3 is 0 Å². The number of hydrogen-bond acceptors (Lipinski definition) is 3. The van der Waals surface area contributed by atoms with E-state index in [1.807, 2.05) is 36.4 Å². The Morgan fingerprint density at radius 2 is 1.59 bits per heavy atom. The fourth-order valence-corrected chi connectivity index (χ4v) is 2.70. The van der Waals surface area contributed by atoms with Gasteiger partial charge in [0.25, 0.3) is 0 Å². The van der Waals surface area contributed by atoms with Gasteiger partial charge in [-0.05, 0) is 5.56 Å². The van der Waals surface area contributed by atoms with E-state index in [2.05, 4.69) is 0 Å². The van der Waals surface area contributed by atoms with Gasteiger partial charge in [0.05, 0.1) is 5.92 Å². The van der Waals surface area contributed by atoms with Crippen molar-refractivity contribution in [2.45, 2.75) is 31.7 Å². The summed E-state index contributed by atoms with van der Waals surface area (Å²) in [6.07, 6.45) is 0.544. The van der Waals surface area contributed by atoms with Crippen LogP contribution in [0.1, 0.15) is 41.6 Å². The van der Waals surface area contributed by atoms with Crippen molar-refractivity contribution in [3.63, 3.8) is 0 Å². The molecule has 22 heavy (non-hydrogen) atoms. The summed E-state index contributed by atoms with van der Waals surface area (Å²) in [5, 5.41) is 11.4. The van der Waals surface area contributed by atoms with Crippen LogP contribution in [0.25, 0.3) is 0 Å². The average Bonchev–Trinajstić information content (AvgIpc) is 2.55. The highest BCUT2D eigenvalue weighted by Crippen LogP contribution is 2.28. The number of ketones is 1. The van der Waals surface area contributed by atoms with E-state index in [1.54, 1.807) is 31.2 Å². The molecular formula is C18H19NO3. The molecule has 0 unspecified atom stereocenters. The molecule has 0 saturated carbocycles. The molecule has 0 amide bonds. The predicted octanol–water partition coefficient (Wildman–Crippen LogP) is 4.10. The molecule has 0 fully saturated rings. The van der Waals surface area contributed by atoms with E-state index in [4.69, 9.17) is 0 Å². The van der Waals surface area contributed by atoms with Crippen molar-refractivity contribution in [1.29, 1.82) is 0 Å². The first-order valence-corrected chi connectivity index (χ1v) is 7.40. The lowest BCUT2D eigenvalue weighted by atomic mass is 9.85. The van der Waals surface area contributed by atoms with Crippen LogP contribution < -0.4 is 0 Å². The number of carbonyl (C=O) groups is 1. The monoisotopic (exact) mass is 297 g/mol. The maximum Gasteiger partial charge on any atom is 0.220 e. The van der Waals surface area contributed by atoms with Gasteiger partial charge in [0, 0.05) is 23.3 Å². The Kier molecular flexibility index (Phi) is 5.42. The second-order valence-electron chi connectivity index (χ2n) is 5.27. The third-order valence-electron chi connectivity index (χ3n) is 3.88. The Bertz CT molecular complexity index is 625. The number of carbonyl (C=O) groups excluding carboxylic acids is 1. The second-order valence-corrected chi connectivity index (χ2v) is 5.27. The summed E-state index contributed by atoms with van der Waals surface area (Å²) >= 11 is 0. The van der Waals surface area contributed by atoms with Gasteiger partial charge in [0.1, 0.15) is 0 Å². The molecule has 2 atom stereocenters. The average molecular weight is 297 g/mol. The third kappa shape index (κ3) is 3.79. The largest absolute Gasteiger partial charge is 0.294 e. The smallest absolute Gasteiger partial charge is 0.220 e. The van der Waals surface area contributed by atoms with E-state index in [0.717, 1.165) is 5.56 Å². The zero-order chi connectivity index (χ0) is 15.9. The molecule has 4 heteroatoms. The van der Waals surface area contributed by atoms with Crippen LogP contribution in [0.5, 0.6) is 0 Å². The van der Waals surface area contributed by atoms with Crippen LogP contribution in [-0.4, -0.2) is 16.7 Å². The van der Waals surface area contributed by atoms with Gasteiger partial charge in [-0.2, -0.15) is 0 Å². The van der Waals surface area contributed by atoms with E-state index >= 15 is 0 Å². The lowest BCUT2D eigenvalue weighted by Gasteiger charge is -2.20. The zero-order valence-corrected chi connectivity index (χ0v) is 12.5. The van der Waals surface area contributed by atoms with Crippen molar-refractivity contribution in [3.8, 4) is 0 Å². The summed E-state index contributed by atoms with van der Waals surface area (Å²) in [4.78, 5) is 23.5. The number of hydrogen-bond donors (Lipinski definition) is 0. The standard InChI is InChI=1S/C18H19NO3/c1-2-17(19(21)22)16(14-9-5-3-6-10-14)13-18(20)15-11-7-4-8-12-15/h3-12,16-17H,2,13H2,1H3/t16-,17+/m1/s1. The molecule has 0 N–H and O–H groups in total.